The second-order valence-electron chi connectivity index (χ2n) is 6.51. The van der Waals surface area contributed by atoms with Crippen LogP contribution in [-0.2, 0) is 23.9 Å². The molecule has 1 aromatic rings. The highest BCUT2D eigenvalue weighted by Gasteiger charge is 2.44. The van der Waals surface area contributed by atoms with Crippen LogP contribution in [0.4, 0.5) is 0 Å². The number of thioether (sulfide) groups is 1. The van der Waals surface area contributed by atoms with Gasteiger partial charge in [0, 0.05) is 19.0 Å². The number of morpholine rings is 1. The Hall–Kier alpha value is -2.83. The zero-order chi connectivity index (χ0) is 20.8. The number of rotatable bonds is 5. The van der Waals surface area contributed by atoms with E-state index >= 15 is 0 Å². The molecule has 29 heavy (non-hydrogen) atoms. The van der Waals surface area contributed by atoms with E-state index in [9.17, 15) is 19.6 Å². The average molecular weight is 415 g/mol. The van der Waals surface area contributed by atoms with Crippen molar-refractivity contribution in [2.24, 2.45) is 5.92 Å². The number of ether oxygens (including phenoxy) is 2. The minimum Gasteiger partial charge on any atom is -0.468 e. The van der Waals surface area contributed by atoms with E-state index in [0.29, 0.717) is 36.9 Å². The number of esters is 1. The molecular weight excluding hydrogens is 394 g/mol. The summed E-state index contributed by atoms with van der Waals surface area (Å²) in [5.74, 6) is -3.22. The van der Waals surface area contributed by atoms with Gasteiger partial charge in [0.05, 0.1) is 42.7 Å². The maximum Gasteiger partial charge on any atom is 0.319 e. The van der Waals surface area contributed by atoms with Gasteiger partial charge in [-0.05, 0) is 5.56 Å². The van der Waals surface area contributed by atoms with Crippen molar-refractivity contribution in [3.8, 4) is 6.07 Å². The summed E-state index contributed by atoms with van der Waals surface area (Å²) in [5.41, 5.74) is 0.901. The molecule has 1 N–H and O–H groups in total. The van der Waals surface area contributed by atoms with E-state index in [1.807, 2.05) is 6.07 Å². The summed E-state index contributed by atoms with van der Waals surface area (Å²) >= 11 is 1.10. The van der Waals surface area contributed by atoms with E-state index < -0.39 is 23.7 Å². The highest BCUT2D eigenvalue weighted by atomic mass is 32.2. The van der Waals surface area contributed by atoms with E-state index in [2.05, 4.69) is 11.4 Å². The summed E-state index contributed by atoms with van der Waals surface area (Å²) in [5, 5.41) is 12.8. The smallest absolute Gasteiger partial charge is 0.319 e. The largest absolute Gasteiger partial charge is 0.468 e. The van der Waals surface area contributed by atoms with Crippen molar-refractivity contribution in [1.82, 2.24) is 10.2 Å². The molecule has 9 heteroatoms. The topological polar surface area (TPSA) is 109 Å². The maximum atomic E-state index is 12.7. The molecule has 0 saturated carbocycles. The van der Waals surface area contributed by atoms with Gasteiger partial charge in [-0.1, -0.05) is 42.1 Å². The zero-order valence-corrected chi connectivity index (χ0v) is 16.7. The van der Waals surface area contributed by atoms with Crippen molar-refractivity contribution in [3.63, 3.8) is 0 Å². The Kier molecular flexibility index (Phi) is 6.90. The molecule has 2 aliphatic heterocycles. The highest BCUT2D eigenvalue weighted by molar-refractivity contribution is 8.03. The summed E-state index contributed by atoms with van der Waals surface area (Å²) < 4.78 is 10.1. The fourth-order valence-corrected chi connectivity index (χ4v) is 4.33. The molecule has 2 heterocycles. The molecule has 0 unspecified atom stereocenters. The second kappa shape index (κ2) is 9.58. The van der Waals surface area contributed by atoms with Gasteiger partial charge in [-0.3, -0.25) is 14.4 Å². The fourth-order valence-electron chi connectivity index (χ4n) is 3.38. The predicted molar refractivity (Wildman–Crippen MR) is 105 cm³/mol. The number of benzene rings is 1. The predicted octanol–water partition coefficient (Wildman–Crippen LogP) is 1.02. The van der Waals surface area contributed by atoms with Crippen molar-refractivity contribution < 1.29 is 23.9 Å². The lowest BCUT2D eigenvalue weighted by atomic mass is 9.78. The van der Waals surface area contributed by atoms with Gasteiger partial charge in [0.25, 0.3) is 0 Å². The molecule has 0 aliphatic carbocycles. The van der Waals surface area contributed by atoms with Crippen LogP contribution in [0, 0.1) is 17.2 Å². The molecule has 0 radical (unpaired) electrons. The van der Waals surface area contributed by atoms with Gasteiger partial charge < -0.3 is 19.7 Å². The Morgan fingerprint density at radius 1 is 1.31 bits per heavy atom. The molecule has 8 nitrogen and oxygen atoms in total. The number of methoxy groups -OCH3 is 1. The molecule has 0 spiro atoms. The van der Waals surface area contributed by atoms with Crippen LogP contribution < -0.4 is 5.32 Å². The Labute approximate surface area is 172 Å². The monoisotopic (exact) mass is 415 g/mol. The average Bonchev–Trinajstić information content (AvgIpc) is 2.77. The molecule has 1 saturated heterocycles. The third kappa shape index (κ3) is 4.60. The van der Waals surface area contributed by atoms with Crippen LogP contribution in [-0.4, -0.2) is 61.8 Å². The zero-order valence-electron chi connectivity index (χ0n) is 15.9. The molecule has 0 aromatic heterocycles. The number of carbonyl (C=O) groups is 3. The Morgan fingerprint density at radius 2 is 2.00 bits per heavy atom. The van der Waals surface area contributed by atoms with E-state index in [-0.39, 0.29) is 17.2 Å². The van der Waals surface area contributed by atoms with E-state index in [4.69, 9.17) is 9.47 Å². The first-order valence-electron chi connectivity index (χ1n) is 9.13. The second-order valence-corrected chi connectivity index (χ2v) is 7.50. The Morgan fingerprint density at radius 3 is 2.62 bits per heavy atom. The van der Waals surface area contributed by atoms with Gasteiger partial charge in [-0.2, -0.15) is 5.26 Å². The summed E-state index contributed by atoms with van der Waals surface area (Å²) in [6.45, 7) is 2.03. The van der Waals surface area contributed by atoms with Gasteiger partial charge in [0.2, 0.25) is 11.8 Å². The van der Waals surface area contributed by atoms with E-state index in [0.717, 1.165) is 11.8 Å². The van der Waals surface area contributed by atoms with Gasteiger partial charge in [-0.15, -0.1) is 0 Å². The number of amides is 2. The number of hydrogen-bond acceptors (Lipinski definition) is 7. The number of nitrogens with one attached hydrogen (secondary N) is 1. The standard InChI is InChI=1S/C20H21N3O5S/c1-27-20(26)17-16(13-5-3-2-4-6-13)14(11-21)19(22-18(17)25)29-12-15(24)23-7-9-28-10-8-23/h2-6,16-17H,7-10,12H2,1H3,(H,22,25)/t16-,17+/m1/s1. The molecule has 1 aromatic carbocycles. The quantitative estimate of drug-likeness (QED) is 0.565. The fraction of sp³-hybridized carbons (Fsp3) is 0.400. The SMILES string of the molecule is COC(=O)[C@@H]1C(=O)NC(SCC(=O)N2CCOCC2)=C(C#N)[C@H]1c1ccccc1. The Balaban J connectivity index is 1.89. The minimum atomic E-state index is -1.17. The number of allylic oxidation sites excluding steroid dienone is 1. The molecular formula is C20H21N3O5S. The number of carbonyl (C=O) groups excluding carboxylic acids is 3. The molecule has 2 aliphatic rings. The highest BCUT2D eigenvalue weighted by Crippen LogP contribution is 2.40. The van der Waals surface area contributed by atoms with Gasteiger partial charge in [0.15, 0.2) is 0 Å². The summed E-state index contributed by atoms with van der Waals surface area (Å²) in [4.78, 5) is 39.2. The van der Waals surface area contributed by atoms with E-state index in [1.165, 1.54) is 7.11 Å². The van der Waals surface area contributed by atoms with Crippen LogP contribution in [0.2, 0.25) is 0 Å². The van der Waals surface area contributed by atoms with Crippen LogP contribution in [0.15, 0.2) is 40.9 Å². The van der Waals surface area contributed by atoms with Crippen molar-refractivity contribution in [2.75, 3.05) is 39.2 Å². The van der Waals surface area contributed by atoms with E-state index in [1.54, 1.807) is 29.2 Å². The number of hydrogen-bond donors (Lipinski definition) is 1. The van der Waals surface area contributed by atoms with Crippen LogP contribution in [0.25, 0.3) is 0 Å². The van der Waals surface area contributed by atoms with Crippen molar-refractivity contribution in [3.05, 3.63) is 46.5 Å². The van der Waals surface area contributed by atoms with Gasteiger partial charge in [0.1, 0.15) is 5.92 Å². The first-order chi connectivity index (χ1) is 14.1. The van der Waals surface area contributed by atoms with Gasteiger partial charge in [-0.25, -0.2) is 0 Å². The minimum absolute atomic E-state index is 0.0746. The Bertz CT molecular complexity index is 859. The summed E-state index contributed by atoms with van der Waals surface area (Å²) in [7, 11) is 1.21. The molecule has 1 fully saturated rings. The summed E-state index contributed by atoms with van der Waals surface area (Å²) in [6, 6.07) is 11.0. The maximum absolute atomic E-state index is 12.7. The lowest BCUT2D eigenvalue weighted by Crippen LogP contribution is -2.44. The lowest BCUT2D eigenvalue weighted by molar-refractivity contribution is -0.150. The van der Waals surface area contributed by atoms with Crippen LogP contribution in [0.1, 0.15) is 11.5 Å². The first kappa shape index (κ1) is 20.9. The van der Waals surface area contributed by atoms with Crippen molar-refractivity contribution >= 4 is 29.5 Å². The normalized spacial score (nSPS) is 21.9. The van der Waals surface area contributed by atoms with Crippen LogP contribution in [0.3, 0.4) is 0 Å². The molecule has 0 bridgehead atoms. The first-order valence-corrected chi connectivity index (χ1v) is 10.1. The molecule has 2 amide bonds. The lowest BCUT2D eigenvalue weighted by Gasteiger charge is -2.31. The number of nitrogens with zero attached hydrogens (tertiary/aromatic N) is 2. The van der Waals surface area contributed by atoms with Crippen molar-refractivity contribution in [2.45, 2.75) is 5.92 Å². The third-order valence-electron chi connectivity index (χ3n) is 4.85. The van der Waals surface area contributed by atoms with Crippen LogP contribution >= 0.6 is 11.8 Å². The van der Waals surface area contributed by atoms with Crippen LogP contribution in [0.5, 0.6) is 0 Å². The molecule has 3 rings (SSSR count). The molecule has 2 atom stereocenters. The van der Waals surface area contributed by atoms with Gasteiger partial charge >= 0.3 is 5.97 Å². The summed E-state index contributed by atoms with van der Waals surface area (Å²) in [6.07, 6.45) is 0. The molecule has 152 valence electrons. The number of nitriles is 1. The third-order valence-corrected chi connectivity index (χ3v) is 5.85. The van der Waals surface area contributed by atoms with Crippen molar-refractivity contribution in [1.29, 1.82) is 5.26 Å².